The number of nitrogens with zero attached hydrogens (tertiary/aromatic N) is 1. The lowest BCUT2D eigenvalue weighted by molar-refractivity contribution is -0.142. The minimum Gasteiger partial charge on any atom is -0.483 e. The zero-order valence-corrected chi connectivity index (χ0v) is 22.1. The normalized spacial score (nSPS) is 12.2. The molecular weight excluding hydrogens is 515 g/mol. The average Bonchev–Trinajstić information content (AvgIpc) is 2.71. The number of hydrogen-bond donors (Lipinski definition) is 1. The molecule has 2 rings (SSSR count). The Hall–Kier alpha value is -1.76. The third-order valence-electron chi connectivity index (χ3n) is 5.06. The van der Waals surface area contributed by atoms with Crippen molar-refractivity contribution in [2.45, 2.75) is 52.6 Å². The Kier molecular flexibility index (Phi) is 9.43. The first kappa shape index (κ1) is 26.5. The summed E-state index contributed by atoms with van der Waals surface area (Å²) in [5, 5.41) is 3.61. The Morgan fingerprint density at radius 2 is 1.78 bits per heavy atom. The van der Waals surface area contributed by atoms with Crippen LogP contribution in [0.2, 0.25) is 10.0 Å². The van der Waals surface area contributed by atoms with Crippen molar-refractivity contribution in [3.8, 4) is 5.75 Å². The number of halogens is 3. The Bertz CT molecular complexity index is 956. The van der Waals surface area contributed by atoms with E-state index >= 15 is 0 Å². The SMILES string of the molecule is CCNC(=O)C(C)N(Cc1c(Cl)cccc1Cl)C(=O)COc1ccc(C(C)(C)C)cc1Br. The molecule has 0 spiro atoms. The van der Waals surface area contributed by atoms with Crippen molar-refractivity contribution >= 4 is 50.9 Å². The van der Waals surface area contributed by atoms with Gasteiger partial charge in [-0.25, -0.2) is 0 Å². The van der Waals surface area contributed by atoms with Gasteiger partial charge in [0, 0.05) is 28.7 Å². The molecule has 0 saturated heterocycles. The molecule has 1 atom stereocenters. The fourth-order valence-electron chi connectivity index (χ4n) is 3.07. The fourth-order valence-corrected chi connectivity index (χ4v) is 4.08. The minimum atomic E-state index is -0.731. The summed E-state index contributed by atoms with van der Waals surface area (Å²) < 4.78 is 6.56. The molecule has 0 radical (unpaired) electrons. The van der Waals surface area contributed by atoms with Crippen molar-refractivity contribution in [2.24, 2.45) is 0 Å². The van der Waals surface area contributed by atoms with Crippen LogP contribution in [0, 0.1) is 0 Å². The molecule has 0 aliphatic carbocycles. The van der Waals surface area contributed by atoms with Gasteiger partial charge in [0.15, 0.2) is 6.61 Å². The number of amides is 2. The number of carbonyl (C=O) groups is 2. The number of likely N-dealkylation sites (N-methyl/N-ethyl adjacent to an activating group) is 1. The van der Waals surface area contributed by atoms with Gasteiger partial charge in [0.05, 0.1) is 4.47 Å². The molecule has 32 heavy (non-hydrogen) atoms. The second-order valence-electron chi connectivity index (χ2n) is 8.48. The lowest BCUT2D eigenvalue weighted by Gasteiger charge is -2.29. The van der Waals surface area contributed by atoms with E-state index in [0.29, 0.717) is 27.9 Å². The summed E-state index contributed by atoms with van der Waals surface area (Å²) in [4.78, 5) is 27.1. The summed E-state index contributed by atoms with van der Waals surface area (Å²) in [6, 6.07) is 10.2. The molecule has 8 heteroatoms. The second kappa shape index (κ2) is 11.4. The van der Waals surface area contributed by atoms with Gasteiger partial charge in [-0.15, -0.1) is 0 Å². The topological polar surface area (TPSA) is 58.6 Å². The third-order valence-corrected chi connectivity index (χ3v) is 6.39. The number of carbonyl (C=O) groups excluding carboxylic acids is 2. The van der Waals surface area contributed by atoms with Crippen molar-refractivity contribution in [1.29, 1.82) is 0 Å². The van der Waals surface area contributed by atoms with E-state index in [0.717, 1.165) is 10.0 Å². The van der Waals surface area contributed by atoms with E-state index in [2.05, 4.69) is 42.0 Å². The highest BCUT2D eigenvalue weighted by atomic mass is 79.9. The van der Waals surface area contributed by atoms with Gasteiger partial charge in [0.2, 0.25) is 5.91 Å². The summed E-state index contributed by atoms with van der Waals surface area (Å²) in [6.45, 7) is 10.2. The number of hydrogen-bond acceptors (Lipinski definition) is 3. The lowest BCUT2D eigenvalue weighted by atomic mass is 9.87. The van der Waals surface area contributed by atoms with Gasteiger partial charge < -0.3 is 15.0 Å². The Morgan fingerprint density at radius 3 is 2.31 bits per heavy atom. The molecular formula is C24H29BrCl2N2O3. The smallest absolute Gasteiger partial charge is 0.261 e. The molecule has 0 aromatic heterocycles. The van der Waals surface area contributed by atoms with Crippen LogP contribution in [-0.4, -0.2) is 35.9 Å². The first-order chi connectivity index (χ1) is 15.0. The van der Waals surface area contributed by atoms with Gasteiger partial charge >= 0.3 is 0 Å². The maximum absolute atomic E-state index is 13.2. The fraction of sp³-hybridized carbons (Fsp3) is 0.417. The van der Waals surface area contributed by atoms with Gasteiger partial charge in [-0.1, -0.05) is 56.1 Å². The highest BCUT2D eigenvalue weighted by Crippen LogP contribution is 2.32. The summed E-state index contributed by atoms with van der Waals surface area (Å²) in [7, 11) is 0. The quantitative estimate of drug-likeness (QED) is 0.445. The molecule has 0 fully saturated rings. The van der Waals surface area contributed by atoms with E-state index in [9.17, 15) is 9.59 Å². The van der Waals surface area contributed by atoms with Crippen molar-refractivity contribution < 1.29 is 14.3 Å². The number of benzene rings is 2. The van der Waals surface area contributed by atoms with Gasteiger partial charge in [-0.3, -0.25) is 9.59 Å². The van der Waals surface area contributed by atoms with Crippen LogP contribution in [0.1, 0.15) is 45.7 Å². The van der Waals surface area contributed by atoms with Crippen LogP contribution in [0.25, 0.3) is 0 Å². The molecule has 2 amide bonds. The van der Waals surface area contributed by atoms with Gasteiger partial charge in [-0.05, 0) is 65.0 Å². The van der Waals surface area contributed by atoms with Crippen LogP contribution in [-0.2, 0) is 21.5 Å². The zero-order valence-electron chi connectivity index (χ0n) is 19.0. The number of ether oxygens (including phenoxy) is 1. The van der Waals surface area contributed by atoms with Gasteiger partial charge in [-0.2, -0.15) is 0 Å². The summed E-state index contributed by atoms with van der Waals surface area (Å²) in [6.07, 6.45) is 0. The Morgan fingerprint density at radius 1 is 1.16 bits per heavy atom. The molecule has 1 N–H and O–H groups in total. The summed E-state index contributed by atoms with van der Waals surface area (Å²) >= 11 is 16.1. The molecule has 2 aromatic rings. The maximum Gasteiger partial charge on any atom is 0.261 e. The van der Waals surface area contributed by atoms with Crippen molar-refractivity contribution in [2.75, 3.05) is 13.2 Å². The third kappa shape index (κ3) is 6.87. The first-order valence-corrected chi connectivity index (χ1v) is 11.9. The number of rotatable bonds is 8. The Labute approximate surface area is 208 Å². The molecule has 0 saturated carbocycles. The number of nitrogens with one attached hydrogen (secondary N) is 1. The molecule has 0 aliphatic rings. The standard InChI is InChI=1S/C24H29BrCl2N2O3/c1-6-28-23(31)15(2)29(13-17-19(26)8-7-9-20(17)27)22(30)14-32-21-11-10-16(12-18(21)25)24(3,4)5/h7-12,15H,6,13-14H2,1-5H3,(H,28,31). The van der Waals surface area contributed by atoms with E-state index in [-0.39, 0.29) is 30.4 Å². The van der Waals surface area contributed by atoms with E-state index in [1.807, 2.05) is 25.1 Å². The molecule has 0 heterocycles. The maximum atomic E-state index is 13.2. The van der Waals surface area contributed by atoms with Crippen molar-refractivity contribution in [1.82, 2.24) is 10.2 Å². The van der Waals surface area contributed by atoms with Crippen LogP contribution < -0.4 is 10.1 Å². The van der Waals surface area contributed by atoms with Gasteiger partial charge in [0.25, 0.3) is 5.91 Å². The first-order valence-electron chi connectivity index (χ1n) is 10.4. The predicted octanol–water partition coefficient (Wildman–Crippen LogP) is 5.99. The van der Waals surface area contributed by atoms with E-state index in [1.54, 1.807) is 25.1 Å². The van der Waals surface area contributed by atoms with Crippen LogP contribution in [0.3, 0.4) is 0 Å². The molecule has 174 valence electrons. The van der Waals surface area contributed by atoms with Crippen LogP contribution >= 0.6 is 39.1 Å². The predicted molar refractivity (Wildman–Crippen MR) is 133 cm³/mol. The van der Waals surface area contributed by atoms with Crippen LogP contribution in [0.4, 0.5) is 0 Å². The molecule has 0 bridgehead atoms. The zero-order chi connectivity index (χ0) is 24.1. The minimum absolute atomic E-state index is 0.00996. The molecule has 1 unspecified atom stereocenters. The van der Waals surface area contributed by atoms with Crippen LogP contribution in [0.5, 0.6) is 5.75 Å². The Balaban J connectivity index is 2.23. The average molecular weight is 544 g/mol. The molecule has 0 aliphatic heterocycles. The lowest BCUT2D eigenvalue weighted by Crippen LogP contribution is -2.49. The van der Waals surface area contributed by atoms with Crippen molar-refractivity contribution in [3.63, 3.8) is 0 Å². The summed E-state index contributed by atoms with van der Waals surface area (Å²) in [5.74, 6) is -0.0704. The van der Waals surface area contributed by atoms with E-state index in [4.69, 9.17) is 27.9 Å². The van der Waals surface area contributed by atoms with Crippen LogP contribution in [0.15, 0.2) is 40.9 Å². The largest absolute Gasteiger partial charge is 0.483 e. The van der Waals surface area contributed by atoms with Gasteiger partial charge in [0.1, 0.15) is 11.8 Å². The summed E-state index contributed by atoms with van der Waals surface area (Å²) in [5.41, 5.74) is 1.71. The van der Waals surface area contributed by atoms with Crippen molar-refractivity contribution in [3.05, 3.63) is 62.0 Å². The molecule has 5 nitrogen and oxygen atoms in total. The highest BCUT2D eigenvalue weighted by molar-refractivity contribution is 9.10. The van der Waals surface area contributed by atoms with E-state index in [1.165, 1.54) is 4.90 Å². The van der Waals surface area contributed by atoms with E-state index < -0.39 is 6.04 Å². The molecule has 2 aromatic carbocycles. The monoisotopic (exact) mass is 542 g/mol. The second-order valence-corrected chi connectivity index (χ2v) is 10.1. The highest BCUT2D eigenvalue weighted by Gasteiger charge is 2.28.